The second-order valence-electron chi connectivity index (χ2n) is 8.35. The molecule has 1 aromatic carbocycles. The number of esters is 1. The number of rotatable bonds is 1. The SMILES string of the molecule is CC(=O)O[C@@]12CCC(=O)[C@@H]3Oc4c(C)ccc5c4[C@@]31CCN(C(C)=O)[C@@H]2C5. The molecule has 2 heterocycles. The van der Waals surface area contributed by atoms with Gasteiger partial charge in [0, 0.05) is 32.4 Å². The van der Waals surface area contributed by atoms with Gasteiger partial charge in [-0.3, -0.25) is 14.4 Å². The van der Waals surface area contributed by atoms with Gasteiger partial charge in [-0.15, -0.1) is 0 Å². The van der Waals surface area contributed by atoms with Crippen molar-refractivity contribution in [1.82, 2.24) is 4.90 Å². The van der Waals surface area contributed by atoms with E-state index in [4.69, 9.17) is 9.47 Å². The molecular formula is C21H23NO5. The highest BCUT2D eigenvalue weighted by atomic mass is 16.6. The third-order valence-corrected chi connectivity index (χ3v) is 7.17. The Hall–Kier alpha value is -2.37. The van der Waals surface area contributed by atoms with E-state index in [1.54, 1.807) is 6.92 Å². The van der Waals surface area contributed by atoms with Gasteiger partial charge in [0.1, 0.15) is 11.4 Å². The summed E-state index contributed by atoms with van der Waals surface area (Å²) in [7, 11) is 0. The summed E-state index contributed by atoms with van der Waals surface area (Å²) in [6.45, 7) is 5.50. The molecule has 4 atom stereocenters. The topological polar surface area (TPSA) is 72.9 Å². The van der Waals surface area contributed by atoms with Crippen molar-refractivity contribution in [3.05, 3.63) is 28.8 Å². The summed E-state index contributed by atoms with van der Waals surface area (Å²) in [6.07, 6.45) is 1.27. The van der Waals surface area contributed by atoms with Crippen LogP contribution in [0.4, 0.5) is 0 Å². The van der Waals surface area contributed by atoms with E-state index in [9.17, 15) is 14.4 Å². The summed E-state index contributed by atoms with van der Waals surface area (Å²) in [4.78, 5) is 39.4. The molecule has 2 bridgehead atoms. The lowest BCUT2D eigenvalue weighted by molar-refractivity contribution is -0.214. The van der Waals surface area contributed by atoms with Crippen LogP contribution in [0, 0.1) is 6.92 Å². The maximum atomic E-state index is 12.9. The fourth-order valence-corrected chi connectivity index (χ4v) is 6.29. The van der Waals surface area contributed by atoms with Crippen LogP contribution in [0.5, 0.6) is 5.75 Å². The average molecular weight is 369 g/mol. The van der Waals surface area contributed by atoms with E-state index in [2.05, 4.69) is 6.07 Å². The minimum Gasteiger partial charge on any atom is -0.481 e. The molecule has 6 heteroatoms. The molecule has 5 rings (SSSR count). The first kappa shape index (κ1) is 16.8. The maximum Gasteiger partial charge on any atom is 0.303 e. The molecule has 0 unspecified atom stereocenters. The van der Waals surface area contributed by atoms with E-state index >= 15 is 0 Å². The molecule has 1 spiro atoms. The number of carbonyl (C=O) groups excluding carboxylic acids is 3. The summed E-state index contributed by atoms with van der Waals surface area (Å²) in [5.41, 5.74) is 1.54. The van der Waals surface area contributed by atoms with E-state index in [1.807, 2.05) is 17.9 Å². The molecule has 0 aromatic heterocycles. The van der Waals surface area contributed by atoms with Gasteiger partial charge in [0.05, 0.1) is 11.5 Å². The average Bonchev–Trinajstić information content (AvgIpc) is 2.94. The van der Waals surface area contributed by atoms with E-state index in [1.165, 1.54) is 6.92 Å². The second-order valence-corrected chi connectivity index (χ2v) is 8.35. The van der Waals surface area contributed by atoms with Gasteiger partial charge >= 0.3 is 5.97 Å². The summed E-state index contributed by atoms with van der Waals surface area (Å²) >= 11 is 0. The van der Waals surface area contributed by atoms with E-state index in [0.717, 1.165) is 22.4 Å². The van der Waals surface area contributed by atoms with Crippen LogP contribution in [0.2, 0.25) is 0 Å². The minimum atomic E-state index is -0.909. The lowest BCUT2D eigenvalue weighted by Crippen LogP contribution is -2.78. The van der Waals surface area contributed by atoms with E-state index < -0.39 is 17.1 Å². The van der Waals surface area contributed by atoms with Gasteiger partial charge < -0.3 is 14.4 Å². The van der Waals surface area contributed by atoms with Crippen LogP contribution in [0.25, 0.3) is 0 Å². The number of aryl methyl sites for hydroxylation is 1. The fourth-order valence-electron chi connectivity index (χ4n) is 6.29. The molecule has 1 amide bonds. The Kier molecular flexibility index (Phi) is 3.18. The Labute approximate surface area is 157 Å². The van der Waals surface area contributed by atoms with Crippen LogP contribution in [0.1, 0.15) is 49.8 Å². The quantitative estimate of drug-likeness (QED) is 0.706. The highest BCUT2D eigenvalue weighted by Crippen LogP contribution is 2.65. The number of ether oxygens (including phenoxy) is 2. The number of ketones is 1. The number of piperidine rings is 1. The molecule has 1 saturated carbocycles. The monoisotopic (exact) mass is 369 g/mol. The van der Waals surface area contributed by atoms with E-state index in [0.29, 0.717) is 32.2 Å². The molecule has 1 saturated heterocycles. The number of hydrogen-bond donors (Lipinski definition) is 0. The van der Waals surface area contributed by atoms with Crippen LogP contribution in [0.15, 0.2) is 12.1 Å². The van der Waals surface area contributed by atoms with Crippen molar-refractivity contribution in [2.24, 2.45) is 0 Å². The highest BCUT2D eigenvalue weighted by Gasteiger charge is 2.75. The molecule has 6 nitrogen and oxygen atoms in total. The lowest BCUT2D eigenvalue weighted by atomic mass is 9.48. The third kappa shape index (κ3) is 1.79. The number of hydrogen-bond acceptors (Lipinski definition) is 5. The Balaban J connectivity index is 1.84. The largest absolute Gasteiger partial charge is 0.481 e. The highest BCUT2D eigenvalue weighted by molar-refractivity contribution is 5.90. The van der Waals surface area contributed by atoms with Crippen molar-refractivity contribution in [1.29, 1.82) is 0 Å². The molecule has 2 fully saturated rings. The predicted molar refractivity (Wildman–Crippen MR) is 95.5 cm³/mol. The smallest absolute Gasteiger partial charge is 0.303 e. The molecule has 27 heavy (non-hydrogen) atoms. The molecule has 1 aromatic rings. The first-order valence-corrected chi connectivity index (χ1v) is 9.61. The lowest BCUT2D eigenvalue weighted by Gasteiger charge is -2.63. The Morgan fingerprint density at radius 1 is 1.26 bits per heavy atom. The van der Waals surface area contributed by atoms with Crippen molar-refractivity contribution >= 4 is 17.7 Å². The predicted octanol–water partition coefficient (Wildman–Crippen LogP) is 1.84. The second kappa shape index (κ2) is 5.12. The van der Waals surface area contributed by atoms with Gasteiger partial charge in [-0.05, 0) is 37.3 Å². The van der Waals surface area contributed by atoms with Crippen LogP contribution < -0.4 is 4.74 Å². The van der Waals surface area contributed by atoms with Crippen LogP contribution in [-0.2, 0) is 31.0 Å². The Bertz CT molecular complexity index is 908. The van der Waals surface area contributed by atoms with Crippen molar-refractivity contribution < 1.29 is 23.9 Å². The van der Waals surface area contributed by atoms with E-state index in [-0.39, 0.29) is 23.7 Å². The van der Waals surface area contributed by atoms with Crippen LogP contribution in [0.3, 0.4) is 0 Å². The van der Waals surface area contributed by atoms with Crippen molar-refractivity contribution in [2.45, 2.75) is 69.6 Å². The number of benzene rings is 1. The number of nitrogens with zero attached hydrogens (tertiary/aromatic N) is 1. The Morgan fingerprint density at radius 3 is 2.74 bits per heavy atom. The molecule has 142 valence electrons. The summed E-state index contributed by atoms with van der Waals surface area (Å²) in [5, 5.41) is 0. The van der Waals surface area contributed by atoms with Gasteiger partial charge in [0.15, 0.2) is 11.9 Å². The Morgan fingerprint density at radius 2 is 2.04 bits per heavy atom. The minimum absolute atomic E-state index is 0.0236. The van der Waals surface area contributed by atoms with Crippen molar-refractivity contribution in [3.63, 3.8) is 0 Å². The number of likely N-dealkylation sites (tertiary alicyclic amines) is 1. The maximum absolute atomic E-state index is 12.9. The van der Waals surface area contributed by atoms with Gasteiger partial charge in [0.25, 0.3) is 0 Å². The first-order valence-electron chi connectivity index (χ1n) is 9.61. The molecule has 0 N–H and O–H groups in total. The molecule has 4 aliphatic rings. The van der Waals surface area contributed by atoms with Gasteiger partial charge in [-0.25, -0.2) is 0 Å². The molecule has 2 aliphatic heterocycles. The zero-order chi connectivity index (χ0) is 19.1. The molecular weight excluding hydrogens is 346 g/mol. The normalized spacial score (nSPS) is 35.4. The summed E-state index contributed by atoms with van der Waals surface area (Å²) in [5.74, 6) is 0.446. The number of amides is 1. The van der Waals surface area contributed by atoms with Crippen LogP contribution >= 0.6 is 0 Å². The summed E-state index contributed by atoms with van der Waals surface area (Å²) < 4.78 is 12.4. The van der Waals surface area contributed by atoms with Gasteiger partial charge in [0.2, 0.25) is 5.91 Å². The standard InChI is InChI=1S/C21H23NO5/c1-11-4-5-14-10-16-21(27-13(3)24)7-6-15(25)19-20(21,17(14)18(11)26-19)8-9-22(16)12(2)23/h4-5,16,19H,6-10H2,1-3H3/t16-,19+,20+,21-/m1/s1. The van der Waals surface area contributed by atoms with Crippen molar-refractivity contribution in [2.75, 3.05) is 6.54 Å². The first-order chi connectivity index (χ1) is 12.8. The molecule has 0 radical (unpaired) electrons. The fraction of sp³-hybridized carbons (Fsp3) is 0.571. The zero-order valence-electron chi connectivity index (χ0n) is 15.8. The van der Waals surface area contributed by atoms with Gasteiger partial charge in [-0.2, -0.15) is 0 Å². The summed E-state index contributed by atoms with van der Waals surface area (Å²) in [6, 6.07) is 3.82. The third-order valence-electron chi connectivity index (χ3n) is 7.17. The number of Topliss-reactive ketones (excluding diaryl/α,β-unsaturated/α-hetero) is 1. The molecule has 2 aliphatic carbocycles. The number of carbonyl (C=O) groups is 3. The van der Waals surface area contributed by atoms with Crippen molar-refractivity contribution in [3.8, 4) is 5.75 Å². The zero-order valence-corrected chi connectivity index (χ0v) is 15.8. The van der Waals surface area contributed by atoms with Crippen LogP contribution in [-0.4, -0.2) is 46.9 Å². The van der Waals surface area contributed by atoms with Gasteiger partial charge in [-0.1, -0.05) is 12.1 Å².